The summed E-state index contributed by atoms with van der Waals surface area (Å²) in [6, 6.07) is 12.7. The van der Waals surface area contributed by atoms with Gasteiger partial charge in [-0.3, -0.25) is 4.72 Å². The molecule has 0 saturated carbocycles. The van der Waals surface area contributed by atoms with Crippen molar-refractivity contribution in [2.75, 3.05) is 4.72 Å². The number of halogens is 3. The lowest BCUT2D eigenvalue weighted by Gasteiger charge is -2.09. The Balaban J connectivity index is 1.79. The Bertz CT molecular complexity index is 1100. The first-order valence-corrected chi connectivity index (χ1v) is 9.40. The molecule has 1 heterocycles. The number of benzene rings is 2. The van der Waals surface area contributed by atoms with Gasteiger partial charge in [-0.25, -0.2) is 8.42 Å². The number of alkyl halides is 3. The Morgan fingerprint density at radius 2 is 1.79 bits per heavy atom. The minimum atomic E-state index is -4.73. The van der Waals surface area contributed by atoms with E-state index in [0.717, 1.165) is 5.56 Å². The second-order valence-corrected chi connectivity index (χ2v) is 7.52. The van der Waals surface area contributed by atoms with Gasteiger partial charge < -0.3 is 4.52 Å². The van der Waals surface area contributed by atoms with Crippen LogP contribution < -0.4 is 4.72 Å². The highest BCUT2D eigenvalue weighted by atomic mass is 32.2. The third-order valence-electron chi connectivity index (χ3n) is 3.58. The zero-order valence-electron chi connectivity index (χ0n) is 14.4. The number of hydrogen-bond acceptors (Lipinski definition) is 5. The monoisotopic (exact) mass is 409 g/mol. The highest BCUT2D eigenvalue weighted by Gasteiger charge is 2.38. The summed E-state index contributed by atoms with van der Waals surface area (Å²) >= 11 is 0. The van der Waals surface area contributed by atoms with Crippen molar-refractivity contribution in [3.8, 4) is 0 Å². The lowest BCUT2D eigenvalue weighted by atomic mass is 10.2. The van der Waals surface area contributed by atoms with Gasteiger partial charge in [-0.15, -0.1) is 0 Å². The van der Waals surface area contributed by atoms with Crippen LogP contribution in [0.2, 0.25) is 0 Å². The summed E-state index contributed by atoms with van der Waals surface area (Å²) in [7, 11) is -3.83. The number of aryl methyl sites for hydroxylation is 1. The summed E-state index contributed by atoms with van der Waals surface area (Å²) in [4.78, 5) is 3.21. The fourth-order valence-electron chi connectivity index (χ4n) is 2.21. The quantitative estimate of drug-likeness (QED) is 0.677. The molecule has 0 amide bonds. The first-order chi connectivity index (χ1) is 13.1. The first-order valence-electron chi connectivity index (χ1n) is 7.92. The van der Waals surface area contributed by atoms with Crippen LogP contribution >= 0.6 is 0 Å². The molecule has 0 radical (unpaired) electrons. The molecule has 1 aromatic heterocycles. The summed E-state index contributed by atoms with van der Waals surface area (Å²) in [5.41, 5.74) is 1.84. The lowest BCUT2D eigenvalue weighted by molar-refractivity contribution is -0.159. The summed E-state index contributed by atoms with van der Waals surface area (Å²) in [6.07, 6.45) is -2.15. The van der Waals surface area contributed by atoms with Gasteiger partial charge in [-0.1, -0.05) is 41.1 Å². The van der Waals surface area contributed by atoms with Crippen LogP contribution in [0.15, 0.2) is 57.9 Å². The van der Waals surface area contributed by atoms with Crippen LogP contribution in [0.1, 0.15) is 22.8 Å². The highest BCUT2D eigenvalue weighted by molar-refractivity contribution is 7.92. The van der Waals surface area contributed by atoms with Crippen molar-refractivity contribution in [3.05, 3.63) is 71.4 Å². The molecule has 0 unspecified atom stereocenters. The predicted molar refractivity (Wildman–Crippen MR) is 96.7 cm³/mol. The maximum absolute atomic E-state index is 12.5. The van der Waals surface area contributed by atoms with E-state index in [1.54, 1.807) is 30.3 Å². The Morgan fingerprint density at radius 1 is 1.07 bits per heavy atom. The molecule has 0 bridgehead atoms. The average Bonchev–Trinajstić information content (AvgIpc) is 3.12. The Morgan fingerprint density at radius 3 is 2.43 bits per heavy atom. The number of sulfonamides is 1. The lowest BCUT2D eigenvalue weighted by Crippen LogP contribution is -2.12. The molecule has 0 aliphatic rings. The minimum Gasteiger partial charge on any atom is -0.329 e. The number of nitrogens with zero attached hydrogens (tertiary/aromatic N) is 2. The van der Waals surface area contributed by atoms with Crippen LogP contribution in [0.3, 0.4) is 0 Å². The normalized spacial score (nSPS) is 12.4. The number of anilines is 1. The highest BCUT2D eigenvalue weighted by Crippen LogP contribution is 2.27. The number of rotatable bonds is 5. The van der Waals surface area contributed by atoms with E-state index < -0.39 is 22.1 Å². The molecular formula is C18H14F3N3O3S. The molecule has 0 atom stereocenters. The average molecular weight is 409 g/mol. The van der Waals surface area contributed by atoms with Crippen molar-refractivity contribution >= 4 is 27.9 Å². The summed E-state index contributed by atoms with van der Waals surface area (Å²) in [5, 5.41) is 3.21. The van der Waals surface area contributed by atoms with Gasteiger partial charge >= 0.3 is 12.1 Å². The molecular weight excluding hydrogens is 395 g/mol. The summed E-state index contributed by atoms with van der Waals surface area (Å²) in [5.74, 6) is -1.73. The van der Waals surface area contributed by atoms with Gasteiger partial charge in [0.15, 0.2) is 5.82 Å². The topological polar surface area (TPSA) is 85.1 Å². The van der Waals surface area contributed by atoms with E-state index in [2.05, 4.69) is 19.4 Å². The molecule has 28 heavy (non-hydrogen) atoms. The van der Waals surface area contributed by atoms with Crippen LogP contribution in [0.5, 0.6) is 0 Å². The van der Waals surface area contributed by atoms with Crippen molar-refractivity contribution in [2.24, 2.45) is 0 Å². The molecule has 10 heteroatoms. The Kier molecular flexibility index (Phi) is 5.23. The van der Waals surface area contributed by atoms with Crippen LogP contribution in [-0.4, -0.2) is 18.6 Å². The second kappa shape index (κ2) is 7.47. The molecule has 146 valence electrons. The molecule has 0 saturated heterocycles. The van der Waals surface area contributed by atoms with E-state index in [1.807, 2.05) is 6.92 Å². The molecule has 0 aliphatic heterocycles. The van der Waals surface area contributed by atoms with E-state index >= 15 is 0 Å². The molecule has 0 spiro atoms. The van der Waals surface area contributed by atoms with E-state index in [9.17, 15) is 21.6 Å². The predicted octanol–water partition coefficient (Wildman–Crippen LogP) is 4.37. The van der Waals surface area contributed by atoms with Crippen molar-refractivity contribution < 1.29 is 26.1 Å². The van der Waals surface area contributed by atoms with Crippen molar-refractivity contribution in [2.45, 2.75) is 18.0 Å². The van der Waals surface area contributed by atoms with Gasteiger partial charge in [-0.05, 0) is 42.8 Å². The second-order valence-electron chi connectivity index (χ2n) is 5.83. The fraction of sp³-hybridized carbons (Fsp3) is 0.111. The molecule has 3 rings (SSSR count). The van der Waals surface area contributed by atoms with E-state index in [1.165, 1.54) is 30.4 Å². The van der Waals surface area contributed by atoms with Gasteiger partial charge in [-0.2, -0.15) is 18.2 Å². The van der Waals surface area contributed by atoms with Crippen molar-refractivity contribution in [1.82, 2.24) is 10.1 Å². The third-order valence-corrected chi connectivity index (χ3v) is 4.96. The maximum Gasteiger partial charge on any atom is 0.471 e. The van der Waals surface area contributed by atoms with Gasteiger partial charge in [0.1, 0.15) is 0 Å². The number of aromatic nitrogens is 2. The number of hydrogen-bond donors (Lipinski definition) is 1. The minimum absolute atomic E-state index is 0.000632. The molecule has 2 aromatic carbocycles. The summed E-state index contributed by atoms with van der Waals surface area (Å²) in [6.45, 7) is 1.88. The fourth-order valence-corrected chi connectivity index (χ4v) is 3.32. The zero-order chi connectivity index (χ0) is 20.4. The SMILES string of the molecule is Cc1ccc(NS(=O)(=O)c2cccc(/C=C/c3noc(C(F)(F)F)n3)c2)cc1. The van der Waals surface area contributed by atoms with E-state index in [4.69, 9.17) is 0 Å². The first kappa shape index (κ1) is 19.6. The molecule has 1 N–H and O–H groups in total. The Labute approximate surface area is 158 Å². The van der Waals surface area contributed by atoms with Crippen molar-refractivity contribution in [3.63, 3.8) is 0 Å². The zero-order valence-corrected chi connectivity index (χ0v) is 15.3. The van der Waals surface area contributed by atoms with Crippen LogP contribution in [0.4, 0.5) is 18.9 Å². The van der Waals surface area contributed by atoms with Crippen LogP contribution in [-0.2, 0) is 16.2 Å². The third kappa shape index (κ3) is 4.77. The largest absolute Gasteiger partial charge is 0.471 e. The van der Waals surface area contributed by atoms with E-state index in [0.29, 0.717) is 11.3 Å². The molecule has 0 aliphatic carbocycles. The van der Waals surface area contributed by atoms with Gasteiger partial charge in [0.25, 0.3) is 10.0 Å². The molecule has 6 nitrogen and oxygen atoms in total. The van der Waals surface area contributed by atoms with Crippen LogP contribution in [0, 0.1) is 6.92 Å². The van der Waals surface area contributed by atoms with Crippen molar-refractivity contribution in [1.29, 1.82) is 0 Å². The summed E-state index contributed by atoms with van der Waals surface area (Å²) < 4.78 is 69.0. The van der Waals surface area contributed by atoms with E-state index in [-0.39, 0.29) is 10.7 Å². The maximum atomic E-state index is 12.5. The Hall–Kier alpha value is -3.14. The smallest absolute Gasteiger partial charge is 0.329 e. The molecule has 3 aromatic rings. The standard InChI is InChI=1S/C18H14F3N3O3S/c1-12-5-8-14(9-6-12)24-28(25,26)15-4-2-3-13(11-15)7-10-16-22-17(27-23-16)18(19,20)21/h2-11,24H,1H3/b10-7+. The number of nitrogens with one attached hydrogen (secondary N) is 1. The molecule has 0 fully saturated rings. The van der Waals surface area contributed by atoms with Crippen LogP contribution in [0.25, 0.3) is 12.2 Å². The van der Waals surface area contributed by atoms with Gasteiger partial charge in [0, 0.05) is 5.69 Å². The van der Waals surface area contributed by atoms with Gasteiger partial charge in [0.05, 0.1) is 4.90 Å². The van der Waals surface area contributed by atoms with Gasteiger partial charge in [0.2, 0.25) is 0 Å².